The zero-order chi connectivity index (χ0) is 30.3. The number of aryl methyl sites for hydroxylation is 1. The molecule has 222 valence electrons. The van der Waals surface area contributed by atoms with Gasteiger partial charge >= 0.3 is 0 Å². The molecule has 0 unspecified atom stereocenters. The Hall–Kier alpha value is -4.24. The van der Waals surface area contributed by atoms with E-state index in [4.69, 9.17) is 4.74 Å². The highest BCUT2D eigenvalue weighted by molar-refractivity contribution is 5.99. The summed E-state index contributed by atoms with van der Waals surface area (Å²) in [6, 6.07) is 22.2. The zero-order valence-electron chi connectivity index (χ0n) is 24.7. The molecule has 4 amide bonds. The molecule has 0 spiro atoms. The van der Waals surface area contributed by atoms with E-state index in [1.54, 1.807) is 0 Å². The second-order valence-corrected chi connectivity index (χ2v) is 11.8. The molecule has 42 heavy (non-hydrogen) atoms. The van der Waals surface area contributed by atoms with Gasteiger partial charge in [-0.1, -0.05) is 72.8 Å². The second kappa shape index (κ2) is 13.2. The molecule has 0 saturated heterocycles. The Morgan fingerprint density at radius 1 is 0.929 bits per heavy atom. The molecule has 1 aliphatic carbocycles. The molecular formula is C33H40N4O5. The Morgan fingerprint density at radius 3 is 2.31 bits per heavy atom. The van der Waals surface area contributed by atoms with Crippen LogP contribution in [0.5, 0.6) is 0 Å². The van der Waals surface area contributed by atoms with Gasteiger partial charge in [-0.05, 0) is 49.1 Å². The van der Waals surface area contributed by atoms with Crippen molar-refractivity contribution < 1.29 is 23.9 Å². The average Bonchev–Trinajstić information content (AvgIpc) is 3.68. The first-order chi connectivity index (χ1) is 20.0. The summed E-state index contributed by atoms with van der Waals surface area (Å²) >= 11 is 0. The predicted octanol–water partition coefficient (Wildman–Crippen LogP) is 3.15. The fourth-order valence-electron chi connectivity index (χ4n) is 5.07. The number of carbonyl (C=O) groups excluding carboxylic acids is 4. The molecule has 4 rings (SSSR count). The number of ether oxygens (including phenoxy) is 1. The SMILES string of the molecule is CO[C@@H]1C[C@]1(NC(=O)[C@H](CC(=O)NC(C)(C)C)NC(=O)CCc1ccccc1)C(=O)NCc1cccc2ccccc12. The fourth-order valence-corrected chi connectivity index (χ4v) is 5.07. The van der Waals surface area contributed by atoms with Crippen LogP contribution in [-0.4, -0.2) is 54.0 Å². The van der Waals surface area contributed by atoms with E-state index in [2.05, 4.69) is 21.3 Å². The minimum Gasteiger partial charge on any atom is -0.378 e. The van der Waals surface area contributed by atoms with E-state index in [1.165, 1.54) is 7.11 Å². The number of benzene rings is 3. The Labute approximate surface area is 246 Å². The number of fused-ring (bicyclic) bond motifs is 1. The van der Waals surface area contributed by atoms with Crippen molar-refractivity contribution in [2.75, 3.05) is 7.11 Å². The van der Waals surface area contributed by atoms with Crippen LogP contribution in [-0.2, 0) is 36.9 Å². The van der Waals surface area contributed by atoms with Crippen molar-refractivity contribution in [2.24, 2.45) is 0 Å². The zero-order valence-corrected chi connectivity index (χ0v) is 24.7. The van der Waals surface area contributed by atoms with E-state index in [0.29, 0.717) is 6.42 Å². The Balaban J connectivity index is 1.45. The van der Waals surface area contributed by atoms with Crippen LogP contribution in [0.1, 0.15) is 51.2 Å². The number of rotatable bonds is 12. The van der Waals surface area contributed by atoms with Gasteiger partial charge in [-0.3, -0.25) is 19.2 Å². The number of hydrogen-bond acceptors (Lipinski definition) is 5. The first kappa shape index (κ1) is 30.7. The average molecular weight is 573 g/mol. The molecule has 9 heteroatoms. The summed E-state index contributed by atoms with van der Waals surface area (Å²) in [5.74, 6) is -1.76. The molecule has 0 heterocycles. The van der Waals surface area contributed by atoms with Crippen molar-refractivity contribution in [1.29, 1.82) is 0 Å². The summed E-state index contributed by atoms with van der Waals surface area (Å²) in [6.07, 6.45) is 0.102. The van der Waals surface area contributed by atoms with Gasteiger partial charge in [-0.25, -0.2) is 0 Å². The Bertz CT molecular complexity index is 1430. The molecule has 0 aliphatic heterocycles. The van der Waals surface area contributed by atoms with Gasteiger partial charge in [0.15, 0.2) is 0 Å². The first-order valence-corrected chi connectivity index (χ1v) is 14.2. The Kier molecular flexibility index (Phi) is 9.63. The van der Waals surface area contributed by atoms with Crippen molar-refractivity contribution in [3.8, 4) is 0 Å². The van der Waals surface area contributed by atoms with Crippen molar-refractivity contribution in [3.63, 3.8) is 0 Å². The van der Waals surface area contributed by atoms with Crippen LogP contribution in [0.4, 0.5) is 0 Å². The molecule has 3 atom stereocenters. The van der Waals surface area contributed by atoms with Crippen molar-refractivity contribution >= 4 is 34.4 Å². The van der Waals surface area contributed by atoms with Crippen LogP contribution < -0.4 is 21.3 Å². The van der Waals surface area contributed by atoms with E-state index in [-0.39, 0.29) is 43.5 Å². The Morgan fingerprint density at radius 2 is 1.62 bits per heavy atom. The normalized spacial score (nSPS) is 18.5. The summed E-state index contributed by atoms with van der Waals surface area (Å²) in [4.78, 5) is 52.7. The third kappa shape index (κ3) is 7.94. The summed E-state index contributed by atoms with van der Waals surface area (Å²) in [6.45, 7) is 5.77. The highest BCUT2D eigenvalue weighted by Gasteiger charge is 2.62. The lowest BCUT2D eigenvalue weighted by molar-refractivity contribution is -0.135. The van der Waals surface area contributed by atoms with Gasteiger partial charge in [0.1, 0.15) is 11.6 Å². The molecule has 1 saturated carbocycles. The first-order valence-electron chi connectivity index (χ1n) is 14.2. The summed E-state index contributed by atoms with van der Waals surface area (Å²) in [5.41, 5.74) is 0.113. The van der Waals surface area contributed by atoms with E-state index >= 15 is 0 Å². The van der Waals surface area contributed by atoms with Crippen LogP contribution in [0.25, 0.3) is 10.8 Å². The lowest BCUT2D eigenvalue weighted by Crippen LogP contribution is -2.58. The van der Waals surface area contributed by atoms with Gasteiger partial charge in [-0.2, -0.15) is 0 Å². The minimum atomic E-state index is -1.30. The highest BCUT2D eigenvalue weighted by atomic mass is 16.5. The van der Waals surface area contributed by atoms with E-state index < -0.39 is 29.1 Å². The summed E-state index contributed by atoms with van der Waals surface area (Å²) in [7, 11) is 1.48. The van der Waals surface area contributed by atoms with Crippen molar-refractivity contribution in [1.82, 2.24) is 21.3 Å². The van der Waals surface area contributed by atoms with Crippen LogP contribution >= 0.6 is 0 Å². The maximum absolute atomic E-state index is 13.6. The topological polar surface area (TPSA) is 126 Å². The minimum absolute atomic E-state index is 0.145. The number of carbonyl (C=O) groups is 4. The van der Waals surface area contributed by atoms with Crippen molar-refractivity contribution in [3.05, 3.63) is 83.9 Å². The fraction of sp³-hybridized carbons (Fsp3) is 0.394. The van der Waals surface area contributed by atoms with E-state index in [1.807, 2.05) is 93.6 Å². The van der Waals surface area contributed by atoms with Gasteiger partial charge < -0.3 is 26.0 Å². The third-order valence-electron chi connectivity index (χ3n) is 7.29. The molecule has 9 nitrogen and oxygen atoms in total. The van der Waals surface area contributed by atoms with Crippen LogP contribution in [0.3, 0.4) is 0 Å². The second-order valence-electron chi connectivity index (χ2n) is 11.8. The molecular weight excluding hydrogens is 532 g/mol. The van der Waals surface area contributed by atoms with E-state index in [0.717, 1.165) is 21.9 Å². The smallest absolute Gasteiger partial charge is 0.248 e. The maximum atomic E-state index is 13.6. The van der Waals surface area contributed by atoms with Crippen LogP contribution in [0.15, 0.2) is 72.8 Å². The number of amides is 4. The standard InChI is InChI=1S/C33H40N4O5/c1-32(2,3)36-29(39)19-26(35-28(38)18-17-22-11-6-5-7-12-22)30(40)37-33(20-27(33)42-4)31(41)34-21-24-15-10-14-23-13-8-9-16-25(23)24/h5-16,26-27H,17-21H2,1-4H3,(H,34,41)(H,35,38)(H,36,39)(H,37,40)/t26-,27+,33+/m0/s1. The molecule has 1 aliphatic rings. The maximum Gasteiger partial charge on any atom is 0.248 e. The molecule has 3 aromatic rings. The van der Waals surface area contributed by atoms with Crippen LogP contribution in [0.2, 0.25) is 0 Å². The summed E-state index contributed by atoms with van der Waals surface area (Å²) < 4.78 is 5.47. The molecule has 0 radical (unpaired) electrons. The monoisotopic (exact) mass is 572 g/mol. The molecule has 0 bridgehead atoms. The van der Waals surface area contributed by atoms with Crippen molar-refractivity contribution in [2.45, 2.75) is 76.2 Å². The number of nitrogens with one attached hydrogen (secondary N) is 4. The van der Waals surface area contributed by atoms with Gasteiger partial charge in [-0.15, -0.1) is 0 Å². The van der Waals surface area contributed by atoms with Crippen LogP contribution in [0, 0.1) is 0 Å². The molecule has 0 aromatic heterocycles. The summed E-state index contributed by atoms with van der Waals surface area (Å²) in [5, 5.41) is 13.4. The van der Waals surface area contributed by atoms with Gasteiger partial charge in [0, 0.05) is 32.0 Å². The number of hydrogen-bond donors (Lipinski definition) is 4. The lowest BCUT2D eigenvalue weighted by Gasteiger charge is -2.25. The largest absolute Gasteiger partial charge is 0.378 e. The predicted molar refractivity (Wildman–Crippen MR) is 161 cm³/mol. The lowest BCUT2D eigenvalue weighted by atomic mass is 10.0. The van der Waals surface area contributed by atoms with Gasteiger partial charge in [0.05, 0.1) is 12.5 Å². The molecule has 1 fully saturated rings. The molecule has 4 N–H and O–H groups in total. The number of methoxy groups -OCH3 is 1. The van der Waals surface area contributed by atoms with E-state index in [9.17, 15) is 19.2 Å². The van der Waals surface area contributed by atoms with Gasteiger partial charge in [0.2, 0.25) is 23.6 Å². The molecule has 3 aromatic carbocycles. The van der Waals surface area contributed by atoms with Gasteiger partial charge in [0.25, 0.3) is 0 Å². The highest BCUT2D eigenvalue weighted by Crippen LogP contribution is 2.39. The third-order valence-corrected chi connectivity index (χ3v) is 7.29. The quantitative estimate of drug-likeness (QED) is 0.265.